The number of hydrazine groups is 1. The SMILES string of the molecule is Cc1cccc(C(NN)C2CCCC(S(C)(=O)=O)C2)c1F. The lowest BCUT2D eigenvalue weighted by atomic mass is 9.80. The van der Waals surface area contributed by atoms with Gasteiger partial charge in [-0.05, 0) is 37.7 Å². The van der Waals surface area contributed by atoms with Crippen LogP contribution in [0.25, 0.3) is 0 Å². The number of sulfone groups is 1. The predicted octanol–water partition coefficient (Wildman–Crippen LogP) is 2.24. The van der Waals surface area contributed by atoms with Gasteiger partial charge in [-0.25, -0.2) is 12.8 Å². The fourth-order valence-electron chi connectivity index (χ4n) is 3.26. The zero-order valence-electron chi connectivity index (χ0n) is 12.5. The quantitative estimate of drug-likeness (QED) is 0.660. The first-order valence-electron chi connectivity index (χ1n) is 7.24. The van der Waals surface area contributed by atoms with Crippen molar-refractivity contribution in [1.82, 2.24) is 5.43 Å². The number of aryl methyl sites for hydroxylation is 1. The molecule has 1 aromatic carbocycles. The molecular weight excluding hydrogens is 291 g/mol. The van der Waals surface area contributed by atoms with Gasteiger partial charge in [0.25, 0.3) is 0 Å². The van der Waals surface area contributed by atoms with Crippen LogP contribution >= 0.6 is 0 Å². The van der Waals surface area contributed by atoms with Crippen molar-refractivity contribution >= 4 is 9.84 Å². The molecule has 2 rings (SSSR count). The molecule has 0 bridgehead atoms. The van der Waals surface area contributed by atoms with E-state index in [1.54, 1.807) is 25.1 Å². The third kappa shape index (κ3) is 3.62. The molecule has 0 saturated heterocycles. The summed E-state index contributed by atoms with van der Waals surface area (Å²) in [6.45, 7) is 1.71. The molecule has 21 heavy (non-hydrogen) atoms. The summed E-state index contributed by atoms with van der Waals surface area (Å²) >= 11 is 0. The van der Waals surface area contributed by atoms with Crippen LogP contribution in [0.1, 0.15) is 42.9 Å². The second-order valence-electron chi connectivity index (χ2n) is 6.00. The normalized spacial score (nSPS) is 24.8. The molecule has 3 atom stereocenters. The van der Waals surface area contributed by atoms with Crippen LogP contribution in [0.4, 0.5) is 4.39 Å². The number of benzene rings is 1. The average molecular weight is 314 g/mol. The molecule has 3 unspecified atom stereocenters. The first kappa shape index (κ1) is 16.4. The molecular formula is C15H23FN2O2S. The highest BCUT2D eigenvalue weighted by atomic mass is 32.2. The van der Waals surface area contributed by atoms with Crippen molar-refractivity contribution in [2.45, 2.75) is 43.9 Å². The highest BCUT2D eigenvalue weighted by Crippen LogP contribution is 2.37. The Morgan fingerprint density at radius 1 is 1.38 bits per heavy atom. The van der Waals surface area contributed by atoms with Crippen LogP contribution < -0.4 is 11.3 Å². The fraction of sp³-hybridized carbons (Fsp3) is 0.600. The number of hydrogen-bond acceptors (Lipinski definition) is 4. The molecule has 0 aromatic heterocycles. The van der Waals surface area contributed by atoms with Crippen molar-refractivity contribution in [3.05, 3.63) is 35.1 Å². The van der Waals surface area contributed by atoms with Gasteiger partial charge in [-0.15, -0.1) is 0 Å². The fourth-order valence-corrected chi connectivity index (χ4v) is 4.45. The maximum Gasteiger partial charge on any atom is 0.150 e. The lowest BCUT2D eigenvalue weighted by molar-refractivity contribution is 0.269. The first-order chi connectivity index (χ1) is 9.84. The Bertz CT molecular complexity index is 604. The van der Waals surface area contributed by atoms with Crippen LogP contribution in [0.2, 0.25) is 0 Å². The molecule has 0 radical (unpaired) electrons. The third-order valence-corrected chi connectivity index (χ3v) is 6.12. The van der Waals surface area contributed by atoms with E-state index in [9.17, 15) is 12.8 Å². The van der Waals surface area contributed by atoms with Gasteiger partial charge in [-0.3, -0.25) is 11.3 Å². The molecule has 6 heteroatoms. The van der Waals surface area contributed by atoms with Gasteiger partial charge in [-0.2, -0.15) is 0 Å². The lowest BCUT2D eigenvalue weighted by Gasteiger charge is -2.34. The predicted molar refractivity (Wildman–Crippen MR) is 81.8 cm³/mol. The first-order valence-corrected chi connectivity index (χ1v) is 9.20. The van der Waals surface area contributed by atoms with Gasteiger partial charge < -0.3 is 0 Å². The zero-order chi connectivity index (χ0) is 15.6. The van der Waals surface area contributed by atoms with E-state index in [-0.39, 0.29) is 23.0 Å². The van der Waals surface area contributed by atoms with Gasteiger partial charge in [0.1, 0.15) is 15.7 Å². The average Bonchev–Trinajstić information content (AvgIpc) is 2.44. The Morgan fingerprint density at radius 3 is 2.71 bits per heavy atom. The second kappa shape index (κ2) is 6.42. The summed E-state index contributed by atoms with van der Waals surface area (Å²) in [5.74, 6) is 5.41. The number of nitrogens with one attached hydrogen (secondary N) is 1. The van der Waals surface area contributed by atoms with E-state index in [0.29, 0.717) is 24.0 Å². The molecule has 1 fully saturated rings. The van der Waals surface area contributed by atoms with Crippen LogP contribution in [0.15, 0.2) is 18.2 Å². The van der Waals surface area contributed by atoms with E-state index < -0.39 is 9.84 Å². The van der Waals surface area contributed by atoms with Crippen LogP contribution in [0.5, 0.6) is 0 Å². The maximum absolute atomic E-state index is 14.3. The van der Waals surface area contributed by atoms with Crippen molar-refractivity contribution in [3.63, 3.8) is 0 Å². The van der Waals surface area contributed by atoms with Gasteiger partial charge in [0.2, 0.25) is 0 Å². The number of nitrogens with two attached hydrogens (primary N) is 1. The van der Waals surface area contributed by atoms with Gasteiger partial charge in [0.05, 0.1) is 11.3 Å². The van der Waals surface area contributed by atoms with Crippen LogP contribution in [0.3, 0.4) is 0 Å². The summed E-state index contributed by atoms with van der Waals surface area (Å²) in [5, 5.41) is -0.347. The lowest BCUT2D eigenvalue weighted by Crippen LogP contribution is -2.38. The van der Waals surface area contributed by atoms with Gasteiger partial charge >= 0.3 is 0 Å². The largest absolute Gasteiger partial charge is 0.271 e. The Morgan fingerprint density at radius 2 is 2.10 bits per heavy atom. The molecule has 1 saturated carbocycles. The van der Waals surface area contributed by atoms with Crippen LogP contribution in [-0.2, 0) is 9.84 Å². The zero-order valence-corrected chi connectivity index (χ0v) is 13.3. The molecule has 118 valence electrons. The Hall–Kier alpha value is -0.980. The topological polar surface area (TPSA) is 72.2 Å². The van der Waals surface area contributed by atoms with Crippen molar-refractivity contribution in [2.24, 2.45) is 11.8 Å². The Balaban J connectivity index is 2.27. The summed E-state index contributed by atoms with van der Waals surface area (Å²) in [4.78, 5) is 0. The standard InChI is InChI=1S/C15H23FN2O2S/c1-10-5-3-8-13(14(10)16)15(18-17)11-6-4-7-12(9-11)21(2,19)20/h3,5,8,11-12,15,18H,4,6-7,9,17H2,1-2H3. The Kier molecular flexibility index (Phi) is 5.01. The second-order valence-corrected chi connectivity index (χ2v) is 8.33. The number of rotatable bonds is 4. The monoisotopic (exact) mass is 314 g/mol. The molecule has 0 amide bonds. The summed E-state index contributed by atoms with van der Waals surface area (Å²) < 4.78 is 37.9. The number of halogens is 1. The molecule has 4 nitrogen and oxygen atoms in total. The summed E-state index contributed by atoms with van der Waals surface area (Å²) in [6.07, 6.45) is 4.17. The summed E-state index contributed by atoms with van der Waals surface area (Å²) in [5.41, 5.74) is 3.79. The van der Waals surface area contributed by atoms with Crippen LogP contribution in [0, 0.1) is 18.7 Å². The molecule has 3 N–H and O–H groups in total. The Labute approximate surface area is 125 Å². The molecule has 0 heterocycles. The van der Waals surface area contributed by atoms with Crippen molar-refractivity contribution in [1.29, 1.82) is 0 Å². The smallest absolute Gasteiger partial charge is 0.150 e. The van der Waals surface area contributed by atoms with Gasteiger partial charge in [-0.1, -0.05) is 24.6 Å². The molecule has 1 aromatic rings. The minimum absolute atomic E-state index is 0.0276. The summed E-state index contributed by atoms with van der Waals surface area (Å²) in [7, 11) is -3.06. The number of hydrogen-bond donors (Lipinski definition) is 2. The molecule has 0 spiro atoms. The van der Waals surface area contributed by atoms with E-state index >= 15 is 0 Å². The highest BCUT2D eigenvalue weighted by molar-refractivity contribution is 7.91. The minimum Gasteiger partial charge on any atom is -0.271 e. The van der Waals surface area contributed by atoms with E-state index in [4.69, 9.17) is 5.84 Å². The maximum atomic E-state index is 14.3. The van der Waals surface area contributed by atoms with Crippen LogP contribution in [-0.4, -0.2) is 19.9 Å². The van der Waals surface area contributed by atoms with E-state index in [0.717, 1.165) is 12.8 Å². The molecule has 0 aliphatic heterocycles. The molecule has 1 aliphatic rings. The third-order valence-electron chi connectivity index (χ3n) is 4.48. The minimum atomic E-state index is -3.06. The van der Waals surface area contributed by atoms with E-state index in [2.05, 4.69) is 5.43 Å². The van der Waals surface area contributed by atoms with Gasteiger partial charge in [0.15, 0.2) is 0 Å². The van der Waals surface area contributed by atoms with Crippen molar-refractivity contribution in [2.75, 3.05) is 6.26 Å². The molecule has 1 aliphatic carbocycles. The summed E-state index contributed by atoms with van der Waals surface area (Å²) in [6, 6.07) is 4.88. The van der Waals surface area contributed by atoms with E-state index in [1.165, 1.54) is 6.26 Å². The van der Waals surface area contributed by atoms with Crippen molar-refractivity contribution < 1.29 is 12.8 Å². The van der Waals surface area contributed by atoms with Crippen molar-refractivity contribution in [3.8, 4) is 0 Å². The van der Waals surface area contributed by atoms with E-state index in [1.807, 2.05) is 0 Å². The highest BCUT2D eigenvalue weighted by Gasteiger charge is 2.34. The van der Waals surface area contributed by atoms with Gasteiger partial charge in [0, 0.05) is 11.8 Å².